The molecule has 1 aliphatic rings. The van der Waals surface area contributed by atoms with Crippen LogP contribution in [0.4, 0.5) is 10.5 Å². The highest BCUT2D eigenvalue weighted by molar-refractivity contribution is 5.96. The minimum atomic E-state index is -1.28. The fourth-order valence-electron chi connectivity index (χ4n) is 6.59. The van der Waals surface area contributed by atoms with E-state index in [4.69, 9.17) is 15.2 Å². The van der Waals surface area contributed by atoms with Gasteiger partial charge in [0.25, 0.3) is 0 Å². The topological polar surface area (TPSA) is 196 Å². The van der Waals surface area contributed by atoms with Gasteiger partial charge >= 0.3 is 6.09 Å². The lowest BCUT2D eigenvalue weighted by Gasteiger charge is -2.30. The van der Waals surface area contributed by atoms with Crippen LogP contribution in [0.25, 0.3) is 10.8 Å². The highest BCUT2D eigenvalue weighted by atomic mass is 16.5. The van der Waals surface area contributed by atoms with Crippen LogP contribution in [0.1, 0.15) is 65.9 Å². The molecule has 4 rings (SSSR count). The van der Waals surface area contributed by atoms with Gasteiger partial charge in [-0.3, -0.25) is 19.3 Å². The number of ether oxygens (including phenoxy) is 2. The molecule has 14 nitrogen and oxygen atoms in total. The van der Waals surface area contributed by atoms with Crippen molar-refractivity contribution in [3.8, 4) is 5.75 Å². The molecule has 0 aliphatic carbocycles. The monoisotopic (exact) mass is 774 g/mol. The van der Waals surface area contributed by atoms with E-state index in [1.165, 1.54) is 4.90 Å². The SMILES string of the molecule is CC[C@H](C)[C@@H](CO)NC(=O)C[C@H](O)[C@H](CC(C)C)NC(=O)[C@H](CC1=CN(C(=O)[C@H](C)N)CN1c1cccc2ccccc12)NC(=O)OCc1ccc(OC)cc1. The molecule has 0 saturated carbocycles. The Morgan fingerprint density at radius 2 is 1.61 bits per heavy atom. The van der Waals surface area contributed by atoms with Crippen LogP contribution >= 0.6 is 0 Å². The summed E-state index contributed by atoms with van der Waals surface area (Å²) < 4.78 is 10.8. The van der Waals surface area contributed by atoms with Crippen LogP contribution < -0.4 is 31.3 Å². The summed E-state index contributed by atoms with van der Waals surface area (Å²) in [6.45, 7) is 9.12. The van der Waals surface area contributed by atoms with Gasteiger partial charge in [-0.2, -0.15) is 0 Å². The van der Waals surface area contributed by atoms with Gasteiger partial charge in [0.05, 0.1) is 50.1 Å². The van der Waals surface area contributed by atoms with E-state index < -0.39 is 48.2 Å². The first-order valence-corrected chi connectivity index (χ1v) is 19.2. The Kier molecular flexibility index (Phi) is 16.1. The molecule has 0 radical (unpaired) electrons. The van der Waals surface area contributed by atoms with Crippen LogP contribution in [0.5, 0.6) is 5.75 Å². The number of carbonyl (C=O) groups is 4. The zero-order valence-corrected chi connectivity index (χ0v) is 33.2. The molecule has 4 amide bonds. The molecule has 3 aromatic rings. The van der Waals surface area contributed by atoms with Crippen LogP contribution in [-0.2, 0) is 25.7 Å². The number of nitrogens with zero attached hydrogens (tertiary/aromatic N) is 2. The number of nitrogens with two attached hydrogens (primary N) is 1. The van der Waals surface area contributed by atoms with Gasteiger partial charge in [-0.05, 0) is 54.3 Å². The summed E-state index contributed by atoms with van der Waals surface area (Å²) in [6, 6.07) is 17.2. The second kappa shape index (κ2) is 20.7. The smallest absolute Gasteiger partial charge is 0.408 e. The van der Waals surface area contributed by atoms with Crippen LogP contribution in [-0.4, -0.2) is 89.6 Å². The quantitative estimate of drug-likeness (QED) is 0.103. The standard InChI is InChI=1S/C42H58N6O8/c1-7-27(4)36(23-49)44-39(51)21-38(50)34(19-26(2)3)45-40(52)35(46-42(54)56-24-29-15-17-32(55-6)18-16-29)20-31-22-47(41(53)28(5)43)25-48(31)37-14-10-12-30-11-8-9-13-33(30)37/h8-18,22,26-28,34-36,38,49-50H,7,19-21,23-25,43H2,1-6H3,(H,44,51)(H,45,52)(H,46,54)/t27-,28-,34-,35-,36+,38-/m0/s1. The number of anilines is 1. The predicted molar refractivity (Wildman–Crippen MR) is 215 cm³/mol. The number of amides is 4. The average molecular weight is 775 g/mol. The lowest BCUT2D eigenvalue weighted by Crippen LogP contribution is -2.54. The van der Waals surface area contributed by atoms with Gasteiger partial charge in [0.15, 0.2) is 0 Å². The molecule has 7 N–H and O–H groups in total. The third-order valence-electron chi connectivity index (χ3n) is 10.0. The Morgan fingerprint density at radius 3 is 2.25 bits per heavy atom. The van der Waals surface area contributed by atoms with Gasteiger partial charge in [-0.1, -0.05) is 82.6 Å². The van der Waals surface area contributed by atoms with Crippen molar-refractivity contribution in [2.45, 2.75) is 97.2 Å². The van der Waals surface area contributed by atoms with Gasteiger partial charge in [0.2, 0.25) is 17.7 Å². The minimum Gasteiger partial charge on any atom is -0.497 e. The van der Waals surface area contributed by atoms with Crippen LogP contribution in [0.15, 0.2) is 78.6 Å². The number of aliphatic hydroxyl groups is 2. The number of rotatable bonds is 19. The zero-order chi connectivity index (χ0) is 40.9. The van der Waals surface area contributed by atoms with Crippen LogP contribution in [0.3, 0.4) is 0 Å². The number of methoxy groups -OCH3 is 1. The first kappa shape index (κ1) is 43.5. The number of hydrogen-bond donors (Lipinski definition) is 6. The lowest BCUT2D eigenvalue weighted by molar-refractivity contribution is -0.129. The molecule has 3 aromatic carbocycles. The molecule has 56 heavy (non-hydrogen) atoms. The number of carbonyl (C=O) groups excluding carboxylic acids is 4. The van der Waals surface area contributed by atoms with E-state index in [1.54, 1.807) is 44.5 Å². The Bertz CT molecular complexity index is 1810. The van der Waals surface area contributed by atoms with Crippen molar-refractivity contribution >= 4 is 40.3 Å². The largest absolute Gasteiger partial charge is 0.497 e. The first-order chi connectivity index (χ1) is 26.7. The highest BCUT2D eigenvalue weighted by Crippen LogP contribution is 2.34. The number of aliphatic hydroxyl groups excluding tert-OH is 2. The highest BCUT2D eigenvalue weighted by Gasteiger charge is 2.35. The molecule has 14 heteroatoms. The van der Waals surface area contributed by atoms with Crippen molar-refractivity contribution in [2.75, 3.05) is 25.3 Å². The number of hydrogen-bond acceptors (Lipinski definition) is 10. The summed E-state index contributed by atoms with van der Waals surface area (Å²) >= 11 is 0. The normalized spacial score (nSPS) is 16.0. The van der Waals surface area contributed by atoms with Crippen molar-refractivity contribution in [3.63, 3.8) is 0 Å². The Morgan fingerprint density at radius 1 is 0.911 bits per heavy atom. The van der Waals surface area contributed by atoms with Crippen molar-refractivity contribution in [1.29, 1.82) is 0 Å². The van der Waals surface area contributed by atoms with Crippen LogP contribution in [0, 0.1) is 11.8 Å². The summed E-state index contributed by atoms with van der Waals surface area (Å²) in [5.74, 6) is -0.736. The van der Waals surface area contributed by atoms with Gasteiger partial charge in [0, 0.05) is 23.7 Å². The van der Waals surface area contributed by atoms with E-state index in [2.05, 4.69) is 16.0 Å². The summed E-state index contributed by atoms with van der Waals surface area (Å²) in [5.41, 5.74) is 8.04. The van der Waals surface area contributed by atoms with Crippen LogP contribution in [0.2, 0.25) is 0 Å². The summed E-state index contributed by atoms with van der Waals surface area (Å²) in [4.78, 5) is 57.4. The lowest BCUT2D eigenvalue weighted by atomic mass is 9.95. The van der Waals surface area contributed by atoms with Gasteiger partial charge in [-0.15, -0.1) is 0 Å². The maximum absolute atomic E-state index is 14.3. The van der Waals surface area contributed by atoms with E-state index in [0.29, 0.717) is 23.4 Å². The third kappa shape index (κ3) is 11.9. The van der Waals surface area contributed by atoms with Gasteiger partial charge in [-0.25, -0.2) is 4.79 Å². The fourth-order valence-corrected chi connectivity index (χ4v) is 6.59. The molecular weight excluding hydrogens is 716 g/mol. The summed E-state index contributed by atoms with van der Waals surface area (Å²) in [5, 5.41) is 31.5. The first-order valence-electron chi connectivity index (χ1n) is 19.2. The van der Waals surface area contributed by atoms with E-state index in [1.807, 2.05) is 75.1 Å². The Hall–Kier alpha value is -5.18. The molecule has 1 aliphatic heterocycles. The molecule has 0 unspecified atom stereocenters. The van der Waals surface area contributed by atoms with E-state index in [0.717, 1.165) is 22.9 Å². The molecule has 1 heterocycles. The Balaban J connectivity index is 1.64. The van der Waals surface area contributed by atoms with Crippen molar-refractivity contribution in [2.24, 2.45) is 17.6 Å². The molecule has 0 bridgehead atoms. The number of fused-ring (bicyclic) bond motifs is 1. The predicted octanol–water partition coefficient (Wildman–Crippen LogP) is 4.13. The molecule has 0 aromatic heterocycles. The molecule has 0 spiro atoms. The average Bonchev–Trinajstić information content (AvgIpc) is 3.60. The summed E-state index contributed by atoms with van der Waals surface area (Å²) in [6.07, 6.45) is 0.164. The minimum absolute atomic E-state index is 0.0150. The Labute approximate surface area is 329 Å². The van der Waals surface area contributed by atoms with E-state index >= 15 is 0 Å². The summed E-state index contributed by atoms with van der Waals surface area (Å²) in [7, 11) is 1.55. The second-order valence-corrected chi connectivity index (χ2v) is 14.9. The maximum Gasteiger partial charge on any atom is 0.408 e. The van der Waals surface area contributed by atoms with E-state index in [-0.39, 0.29) is 50.5 Å². The van der Waals surface area contributed by atoms with Crippen molar-refractivity contribution < 1.29 is 38.9 Å². The van der Waals surface area contributed by atoms with E-state index in [9.17, 15) is 29.4 Å². The maximum atomic E-state index is 14.3. The van der Waals surface area contributed by atoms with Gasteiger partial charge < -0.3 is 46.3 Å². The molecule has 6 atom stereocenters. The van der Waals surface area contributed by atoms with Crippen molar-refractivity contribution in [3.05, 3.63) is 84.2 Å². The third-order valence-corrected chi connectivity index (χ3v) is 10.0. The number of alkyl carbamates (subject to hydrolysis) is 1. The molecule has 304 valence electrons. The molecule has 0 fully saturated rings. The molecule has 0 saturated heterocycles. The number of benzene rings is 3. The zero-order valence-electron chi connectivity index (χ0n) is 33.2. The fraction of sp³-hybridized carbons (Fsp3) is 0.476. The molecular formula is C42H58N6O8. The van der Waals surface area contributed by atoms with Crippen molar-refractivity contribution in [1.82, 2.24) is 20.9 Å². The second-order valence-electron chi connectivity index (χ2n) is 14.9. The van der Waals surface area contributed by atoms with Gasteiger partial charge in [0.1, 0.15) is 25.1 Å². The number of nitrogens with one attached hydrogen (secondary N) is 3.